The van der Waals surface area contributed by atoms with Crippen LogP contribution in [0.15, 0.2) is 125 Å². The van der Waals surface area contributed by atoms with E-state index in [1.807, 2.05) is 99.7 Å². The summed E-state index contributed by atoms with van der Waals surface area (Å²) in [6, 6.07) is 23.1. The van der Waals surface area contributed by atoms with E-state index in [1.54, 1.807) is 54.1 Å². The highest BCUT2D eigenvalue weighted by molar-refractivity contribution is 6.09. The van der Waals surface area contributed by atoms with Crippen molar-refractivity contribution in [1.82, 2.24) is 14.8 Å². The minimum atomic E-state index is -2.53. The van der Waals surface area contributed by atoms with E-state index in [0.717, 1.165) is 74.0 Å². The van der Waals surface area contributed by atoms with Crippen molar-refractivity contribution < 1.29 is 135 Å². The number of anilines is 1. The van der Waals surface area contributed by atoms with Gasteiger partial charge in [0.2, 0.25) is 24.8 Å². The number of nitrogens with two attached hydrogens (primary N) is 3. The maximum absolute atomic E-state index is 16.9. The van der Waals surface area contributed by atoms with Crippen molar-refractivity contribution in [2.45, 2.75) is 239 Å². The number of ether oxygens (including phenoxy) is 13. The lowest BCUT2D eigenvalue weighted by atomic mass is 9.44. The molecule has 0 radical (unpaired) electrons. The van der Waals surface area contributed by atoms with Gasteiger partial charge in [-0.15, -0.1) is 5.10 Å². The van der Waals surface area contributed by atoms with E-state index in [1.165, 1.54) is 45.3 Å². The first kappa shape index (κ1) is 104. The quantitative estimate of drug-likeness (QED) is 0.00813. The minimum Gasteiger partial charge on any atom is -0.496 e. The maximum Gasteiger partial charge on any atom is 0.344 e. The van der Waals surface area contributed by atoms with Crippen LogP contribution in [0.1, 0.15) is 186 Å². The third kappa shape index (κ3) is 15.9. The number of H-pyrrole nitrogens is 1. The van der Waals surface area contributed by atoms with Crippen molar-refractivity contribution >= 4 is 76.0 Å². The van der Waals surface area contributed by atoms with Crippen LogP contribution in [0, 0.1) is 64.1 Å². The van der Waals surface area contributed by atoms with E-state index in [9.17, 15) is 64.5 Å². The van der Waals surface area contributed by atoms with Crippen LogP contribution in [-0.4, -0.2) is 289 Å². The summed E-state index contributed by atoms with van der Waals surface area (Å²) in [7, 11) is 7.27. The summed E-state index contributed by atoms with van der Waals surface area (Å²) in [5.74, 6) is -3.74. The number of ketones is 2. The van der Waals surface area contributed by atoms with Crippen LogP contribution < -0.4 is 45.8 Å². The molecule has 9 aliphatic heterocycles. The van der Waals surface area contributed by atoms with Gasteiger partial charge in [-0.2, -0.15) is 5.10 Å². The number of hydrogen-bond donors (Lipinski definition) is 12. The lowest BCUT2D eigenvalue weighted by molar-refractivity contribution is -0.364. The highest BCUT2D eigenvalue weighted by Gasteiger charge is 2.82. The molecule has 1 spiro atoms. The number of piperidine rings is 1. The number of nitrogens with one attached hydrogen (secondary N) is 2. The third-order valence-electron chi connectivity index (χ3n) is 36.0. The molecule has 5 aromatic carbocycles. The number of amidine groups is 1. The number of aliphatic hydroxyl groups is 7. The molecule has 16 aliphatic rings. The average molecular weight is 2030 g/mol. The van der Waals surface area contributed by atoms with Crippen LogP contribution in [0.3, 0.4) is 0 Å². The van der Waals surface area contributed by atoms with E-state index >= 15 is 9.18 Å². The van der Waals surface area contributed by atoms with Crippen molar-refractivity contribution in [3.05, 3.63) is 176 Å². The molecule has 15 N–H and O–H groups in total. The summed E-state index contributed by atoms with van der Waals surface area (Å²) < 4.78 is 92.8. The van der Waals surface area contributed by atoms with Gasteiger partial charge in [0.15, 0.2) is 47.4 Å². The number of aromatic nitrogens is 1. The van der Waals surface area contributed by atoms with Crippen molar-refractivity contribution in [3.8, 4) is 28.7 Å². The van der Waals surface area contributed by atoms with Gasteiger partial charge < -0.3 is 124 Å². The zero-order valence-corrected chi connectivity index (χ0v) is 84.9. The number of allylic oxidation sites excluding steroid dienone is 4. The van der Waals surface area contributed by atoms with Crippen molar-refractivity contribution in [2.75, 3.05) is 99.8 Å². The number of aromatic amines is 1. The maximum atomic E-state index is 16.9. The topological polar surface area (TPSA) is 533 Å². The zero-order chi connectivity index (χ0) is 105. The number of halogens is 1. The highest BCUT2D eigenvalue weighted by atomic mass is 19.1. The molecule has 10 heterocycles. The molecule has 37 nitrogen and oxygen atoms in total. The molecule has 6 aromatic rings. The number of benzene rings is 5. The number of aliphatic hydroxyl groups excluding tert-OH is 4. The van der Waals surface area contributed by atoms with Gasteiger partial charge in [0, 0.05) is 123 Å². The van der Waals surface area contributed by atoms with Crippen LogP contribution in [-0.2, 0) is 95.1 Å². The van der Waals surface area contributed by atoms with Crippen LogP contribution >= 0.6 is 0 Å². The molecule has 38 heteroatoms. The smallest absolute Gasteiger partial charge is 0.344 e. The second-order valence-corrected chi connectivity index (χ2v) is 42.9. The van der Waals surface area contributed by atoms with Gasteiger partial charge in [0.25, 0.3) is 0 Å². The van der Waals surface area contributed by atoms with Gasteiger partial charge in [0.1, 0.15) is 65.1 Å². The number of esters is 4. The Morgan fingerprint density at radius 2 is 1.50 bits per heavy atom. The molecule has 7 aliphatic carbocycles. The second-order valence-electron chi connectivity index (χ2n) is 42.9. The lowest BCUT2D eigenvalue weighted by Gasteiger charge is -2.63. The number of hydrogen-bond acceptors (Lipinski definition) is 32. The Bertz CT molecular complexity index is 6420. The number of cyclic esters (lactones) is 1. The van der Waals surface area contributed by atoms with Crippen LogP contribution in [0.25, 0.3) is 10.9 Å². The van der Waals surface area contributed by atoms with Crippen molar-refractivity contribution in [3.63, 3.8) is 0 Å². The normalized spacial score (nSPS) is 37.1. The van der Waals surface area contributed by atoms with E-state index in [-0.39, 0.29) is 68.2 Å². The number of alkyl halides is 1. The Morgan fingerprint density at radius 3 is 2.17 bits per heavy atom. The first-order valence-electron chi connectivity index (χ1n) is 50.7. The summed E-state index contributed by atoms with van der Waals surface area (Å²) in [5.41, 5.74) is 14.4. The molecule has 22 rings (SSSR count). The van der Waals surface area contributed by atoms with Crippen molar-refractivity contribution in [2.24, 2.45) is 79.2 Å². The summed E-state index contributed by atoms with van der Waals surface area (Å²) in [6.07, 6.45) is 5.24. The first-order chi connectivity index (χ1) is 70.1. The van der Waals surface area contributed by atoms with E-state index in [2.05, 4.69) is 31.1 Å². The van der Waals surface area contributed by atoms with Gasteiger partial charge in [-0.05, 0) is 204 Å². The number of nitrogens with zero attached hydrogens (tertiary/aromatic N) is 5. The van der Waals surface area contributed by atoms with Gasteiger partial charge in [-0.1, -0.05) is 87.9 Å². The molecule has 28 atom stereocenters. The molecular weight excluding hydrogens is 1900 g/mol. The summed E-state index contributed by atoms with van der Waals surface area (Å²) in [5, 5.41) is 95.4. The molecule has 1 amide bonds. The van der Waals surface area contributed by atoms with E-state index in [0.29, 0.717) is 147 Å². The zero-order valence-electron chi connectivity index (χ0n) is 84.9. The summed E-state index contributed by atoms with van der Waals surface area (Å²) >= 11 is 0. The number of carbonyl (C=O) groups is 7. The molecule has 5 saturated heterocycles. The van der Waals surface area contributed by atoms with E-state index < -0.39 is 177 Å². The predicted molar refractivity (Wildman–Crippen MR) is 530 cm³/mol. The van der Waals surface area contributed by atoms with Gasteiger partial charge in [-0.3, -0.25) is 44.0 Å². The first-order valence-corrected chi connectivity index (χ1v) is 50.7. The third-order valence-corrected chi connectivity index (χ3v) is 36.0. The Labute approximate surface area is 850 Å². The largest absolute Gasteiger partial charge is 0.496 e. The number of nitrogen functional groups attached to an aromatic ring is 1. The summed E-state index contributed by atoms with van der Waals surface area (Å²) in [6.45, 7) is 16.6. The highest BCUT2D eigenvalue weighted by Crippen LogP contribution is 2.73. The fourth-order valence-corrected chi connectivity index (χ4v) is 29.5. The van der Waals surface area contributed by atoms with Crippen LogP contribution in [0.5, 0.6) is 28.7 Å². The molecule has 2 bridgehead atoms. The number of para-hydroxylation sites is 1. The monoisotopic (exact) mass is 2030 g/mol. The Kier molecular flexibility index (Phi) is 27.4. The number of methoxy groups -OCH3 is 5. The van der Waals surface area contributed by atoms with Crippen molar-refractivity contribution in [1.29, 1.82) is 5.41 Å². The molecular formula is C109H133FN10O27. The number of Topliss-reactive ketones (excluding diaryl/α,β-unsaturated/α-hetero) is 1. The number of amides is 1. The number of carbonyl (C=O) groups excluding carboxylic acids is 7. The van der Waals surface area contributed by atoms with Gasteiger partial charge >= 0.3 is 23.9 Å². The second kappa shape index (κ2) is 38.7. The number of guanidine groups is 1. The molecule has 1 aromatic heterocycles. The molecule has 4 saturated carbocycles. The summed E-state index contributed by atoms with van der Waals surface area (Å²) in [4.78, 5) is 104. The predicted octanol–water partition coefficient (Wildman–Crippen LogP) is 7.25. The van der Waals surface area contributed by atoms with Gasteiger partial charge in [0.05, 0.1) is 89.9 Å². The fraction of sp³-hybridized carbons (Fsp3) is 0.560. The molecule has 788 valence electrons. The van der Waals surface area contributed by atoms with E-state index in [4.69, 9.17) is 84.2 Å². The minimum absolute atomic E-state index is 0.0614. The Morgan fingerprint density at radius 1 is 0.776 bits per heavy atom. The SMILES string of the molecule is CC[C@]1(O)C[C@@H]2CN(CCc3c([nH]c4ccccc34)[C@@](C(=O)OC)(c3cc4c(cc3OC)N(C=O)[C@H]3[C@@](O)(C(=O)OC)[C@H](OC(C)=O)[C@]5(CC)C=CCN6CC[C@]43[C@@H]65)C2)C1.COc1cc([C@@H]2c3cc4c(cc3[C@@H](OC3OC5COC(C)OC5C(O)C3O)[C@H]3COC(=O)[C@H]23)OCO4)cc(OC)c1C.C[C@@H]1C[C@H]2[C@@H]3CCC4=CC(=O)C=C[C@]4(C)[C@@]3(F)[C@@H](O)C[C@]2(C)[C@@]1(O)C(=O)CO.N=C(N)c1cccc2c1CC/C2=N\N=C(N)N. The number of fused-ring (bicyclic) bond motifs is 16. The van der Waals surface area contributed by atoms with Gasteiger partial charge in [-0.25, -0.2) is 9.18 Å². The Balaban J connectivity index is 0.000000135. The molecule has 147 heavy (non-hydrogen) atoms. The molecule has 7 unspecified atom stereocenters. The standard InChI is InChI=1S/C46H56N4O10.C30H34O12.C22H29FO5.C11H14N6/c1-7-42(55)22-28-23-45(40(53)58-5,36-30(14-18-48(24-28)25-42)29-12-9-10-13-33(29)47-36)32-20-31-34(21-35(32)57-4)50(26-51)38-44(31)16-19-49-17-11-15-43(8-2,37(44)49)39(60-27(3)52)46(38,56)41(54)59-6;1-12-18(34-3)5-14(6-19(12)35-4)23-15-7-20-21(39-11-38-20)8-16(15)27(17-9-37-29(33)24(17)23)42-30-26(32)25(31)28-22(41-30)10-36-13(2)40-28;1-12-8-16-15-5-4-13-9-14(25)6-7-19(13,2)21(15,23)17(26)10-20(16,3)22(12,28)18(27)11-24;12-10(13)8-3-1-2-7-6(8)4-5-9(7)16-17-11(14)15/h9-13,15,20-21,26,28,37-39,47,55-56H,7-8,14,16-19,22-25H2,1-6H3;5-8,13,17,22-28,30-32H,9-11H2,1-4H3;6-7,9,12,15-17,24,26,28H,4-5,8,10-11H2,1-3H3;1-3H,4-5H2,(H3,12,13)(H4,14,15,17)/b;;;16-9+/t28-,37-,38+,39+,42-,43+,44+,45-,46-;13?,17-,22?,23+,24-,25?,26?,27+,28?,30?;12-,15+,16+,17+,19+,20+,21+,22+;/m001./s1. The number of rotatable bonds is 17. The molecule has 9 fully saturated rings. The average Bonchev–Trinajstić information content (AvgIpc) is 1.48. The lowest BCUT2D eigenvalue weighted by Crippen LogP contribution is -2.81. The van der Waals surface area contributed by atoms with Crippen LogP contribution in [0.2, 0.25) is 0 Å². The van der Waals surface area contributed by atoms with Crippen LogP contribution in [0.4, 0.5) is 10.1 Å². The Hall–Kier alpha value is -11.6. The fourth-order valence-electron chi connectivity index (χ4n) is 29.5.